The van der Waals surface area contributed by atoms with Crippen LogP contribution in [0.4, 0.5) is 0 Å². The molecule has 0 aromatic carbocycles. The smallest absolute Gasteiger partial charge is 0.133 e. The van der Waals surface area contributed by atoms with Gasteiger partial charge in [-0.05, 0) is 32.2 Å². The summed E-state index contributed by atoms with van der Waals surface area (Å²) in [5.41, 5.74) is 0.949. The van der Waals surface area contributed by atoms with Crippen molar-refractivity contribution in [2.45, 2.75) is 25.1 Å². The number of nitrogens with zero attached hydrogens (tertiary/aromatic N) is 1. The molecule has 0 unspecified atom stereocenters. The molecule has 0 atom stereocenters. The van der Waals surface area contributed by atoms with Crippen molar-refractivity contribution in [1.29, 1.82) is 0 Å². The molecule has 2 N–H and O–H groups in total. The van der Waals surface area contributed by atoms with Gasteiger partial charge >= 0.3 is 0 Å². The first-order chi connectivity index (χ1) is 7.03. The molecular formula is C11H18N2OS. The average molecular weight is 226 g/mol. The van der Waals surface area contributed by atoms with E-state index in [0.29, 0.717) is 0 Å². The topological polar surface area (TPSA) is 45.1 Å². The molecule has 0 aliphatic carbocycles. The maximum Gasteiger partial charge on any atom is 0.133 e. The van der Waals surface area contributed by atoms with Crippen LogP contribution in [-0.2, 0) is 6.54 Å². The lowest BCUT2D eigenvalue weighted by Gasteiger charge is -2.22. The Hall–Kier alpha value is -0.740. The van der Waals surface area contributed by atoms with Crippen molar-refractivity contribution in [3.8, 4) is 5.75 Å². The van der Waals surface area contributed by atoms with Crippen molar-refractivity contribution in [1.82, 2.24) is 10.3 Å². The SMILES string of the molecule is CSC(C)(C)CNCc1ccc(O)cn1. The summed E-state index contributed by atoms with van der Waals surface area (Å²) in [5, 5.41) is 12.4. The van der Waals surface area contributed by atoms with Gasteiger partial charge < -0.3 is 10.4 Å². The van der Waals surface area contributed by atoms with Gasteiger partial charge in [-0.15, -0.1) is 0 Å². The van der Waals surface area contributed by atoms with Crippen molar-refractivity contribution >= 4 is 11.8 Å². The summed E-state index contributed by atoms with van der Waals surface area (Å²) in [4.78, 5) is 4.10. The molecule has 3 nitrogen and oxygen atoms in total. The van der Waals surface area contributed by atoms with Crippen molar-refractivity contribution in [2.75, 3.05) is 12.8 Å². The molecule has 0 spiro atoms. The lowest BCUT2D eigenvalue weighted by atomic mass is 10.2. The van der Waals surface area contributed by atoms with Crippen LogP contribution in [0.25, 0.3) is 0 Å². The highest BCUT2D eigenvalue weighted by Gasteiger charge is 2.14. The van der Waals surface area contributed by atoms with Gasteiger partial charge in [-0.2, -0.15) is 11.8 Å². The van der Waals surface area contributed by atoms with Gasteiger partial charge in [0.15, 0.2) is 0 Å². The first-order valence-electron chi connectivity index (χ1n) is 4.93. The molecule has 84 valence electrons. The minimum Gasteiger partial charge on any atom is -0.506 e. The third-order valence-electron chi connectivity index (χ3n) is 2.22. The Morgan fingerprint density at radius 2 is 2.20 bits per heavy atom. The van der Waals surface area contributed by atoms with Gasteiger partial charge in [0, 0.05) is 17.8 Å². The van der Waals surface area contributed by atoms with E-state index in [1.54, 1.807) is 6.07 Å². The number of nitrogens with one attached hydrogen (secondary N) is 1. The van der Waals surface area contributed by atoms with Crippen LogP contribution in [0.5, 0.6) is 5.75 Å². The van der Waals surface area contributed by atoms with Gasteiger partial charge in [0.05, 0.1) is 11.9 Å². The second kappa shape index (κ2) is 5.37. The van der Waals surface area contributed by atoms with Crippen molar-refractivity contribution < 1.29 is 5.11 Å². The fourth-order valence-electron chi connectivity index (χ4n) is 1.09. The van der Waals surface area contributed by atoms with Crippen LogP contribution in [0.15, 0.2) is 18.3 Å². The highest BCUT2D eigenvalue weighted by Crippen LogP contribution is 2.19. The zero-order valence-corrected chi connectivity index (χ0v) is 10.3. The molecule has 15 heavy (non-hydrogen) atoms. The standard InChI is InChI=1S/C11H18N2OS/c1-11(2,15-3)8-12-6-9-4-5-10(14)7-13-9/h4-5,7,12,14H,6,8H2,1-3H3. The molecule has 0 radical (unpaired) electrons. The maximum absolute atomic E-state index is 9.06. The van der Waals surface area contributed by atoms with Crippen LogP contribution in [-0.4, -0.2) is 27.6 Å². The summed E-state index contributed by atoms with van der Waals surface area (Å²) >= 11 is 1.84. The van der Waals surface area contributed by atoms with Crippen molar-refractivity contribution in [2.24, 2.45) is 0 Å². The number of aromatic hydroxyl groups is 1. The first-order valence-corrected chi connectivity index (χ1v) is 6.16. The van der Waals surface area contributed by atoms with E-state index in [4.69, 9.17) is 5.11 Å². The van der Waals surface area contributed by atoms with Crippen LogP contribution in [0.1, 0.15) is 19.5 Å². The Morgan fingerprint density at radius 1 is 1.47 bits per heavy atom. The number of pyridine rings is 1. The van der Waals surface area contributed by atoms with Gasteiger partial charge in [-0.3, -0.25) is 4.98 Å². The summed E-state index contributed by atoms with van der Waals surface area (Å²) in [6, 6.07) is 3.48. The summed E-state index contributed by atoms with van der Waals surface area (Å²) < 4.78 is 0.247. The van der Waals surface area contributed by atoms with Crippen LogP contribution >= 0.6 is 11.8 Å². The number of rotatable bonds is 5. The molecule has 0 bridgehead atoms. The highest BCUT2D eigenvalue weighted by molar-refractivity contribution is 7.99. The monoisotopic (exact) mass is 226 g/mol. The lowest BCUT2D eigenvalue weighted by Crippen LogP contribution is -2.31. The quantitative estimate of drug-likeness (QED) is 0.806. The Morgan fingerprint density at radius 3 is 2.73 bits per heavy atom. The van der Waals surface area contributed by atoms with E-state index < -0.39 is 0 Å². The molecule has 0 aliphatic rings. The van der Waals surface area contributed by atoms with Crippen LogP contribution in [0.3, 0.4) is 0 Å². The predicted octanol–water partition coefficient (Wildman–Crippen LogP) is 2.02. The third kappa shape index (κ3) is 4.53. The molecule has 0 aliphatic heterocycles. The summed E-state index contributed by atoms with van der Waals surface area (Å²) in [7, 11) is 0. The van der Waals surface area contributed by atoms with Crippen LogP contribution in [0, 0.1) is 0 Å². The summed E-state index contributed by atoms with van der Waals surface area (Å²) in [6.07, 6.45) is 3.58. The van der Waals surface area contributed by atoms with E-state index in [1.807, 2.05) is 17.8 Å². The predicted molar refractivity (Wildman–Crippen MR) is 65.2 cm³/mol. The van der Waals surface area contributed by atoms with E-state index in [0.717, 1.165) is 18.8 Å². The second-order valence-electron chi connectivity index (χ2n) is 4.08. The fraction of sp³-hybridized carbons (Fsp3) is 0.545. The molecule has 4 heteroatoms. The normalized spacial score (nSPS) is 11.7. The highest BCUT2D eigenvalue weighted by atomic mass is 32.2. The second-order valence-corrected chi connectivity index (χ2v) is 5.59. The molecule has 0 saturated heterocycles. The summed E-state index contributed by atoms with van der Waals surface area (Å²) in [6.45, 7) is 6.09. The first kappa shape index (κ1) is 12.3. The molecule has 1 aromatic heterocycles. The van der Waals surface area contributed by atoms with E-state index in [1.165, 1.54) is 6.20 Å². The summed E-state index contributed by atoms with van der Waals surface area (Å²) in [5.74, 6) is 0.211. The molecule has 0 saturated carbocycles. The third-order valence-corrected chi connectivity index (χ3v) is 3.47. The molecule has 1 rings (SSSR count). The molecule has 1 aromatic rings. The van der Waals surface area contributed by atoms with Gasteiger partial charge in [-0.25, -0.2) is 0 Å². The van der Waals surface area contributed by atoms with E-state index in [9.17, 15) is 0 Å². The fourth-order valence-corrected chi connectivity index (χ4v) is 1.33. The lowest BCUT2D eigenvalue weighted by molar-refractivity contribution is 0.471. The minimum absolute atomic E-state index is 0.211. The zero-order valence-electron chi connectivity index (χ0n) is 9.45. The van der Waals surface area contributed by atoms with Crippen molar-refractivity contribution in [3.63, 3.8) is 0 Å². The molecular weight excluding hydrogens is 208 g/mol. The average Bonchev–Trinajstić information content (AvgIpc) is 2.21. The van der Waals surface area contributed by atoms with Crippen LogP contribution < -0.4 is 5.32 Å². The van der Waals surface area contributed by atoms with E-state index in [2.05, 4.69) is 30.4 Å². The molecule has 1 heterocycles. The number of hydrogen-bond acceptors (Lipinski definition) is 4. The zero-order chi connectivity index (χ0) is 11.3. The Kier molecular flexibility index (Phi) is 4.42. The van der Waals surface area contributed by atoms with E-state index >= 15 is 0 Å². The number of thioether (sulfide) groups is 1. The van der Waals surface area contributed by atoms with Gasteiger partial charge in [0.25, 0.3) is 0 Å². The molecule has 0 fully saturated rings. The van der Waals surface area contributed by atoms with Gasteiger partial charge in [0.1, 0.15) is 5.75 Å². The Balaban J connectivity index is 2.35. The van der Waals surface area contributed by atoms with Gasteiger partial charge in [0.2, 0.25) is 0 Å². The Labute approximate surface area is 95.3 Å². The van der Waals surface area contributed by atoms with Crippen LogP contribution in [0.2, 0.25) is 0 Å². The Bertz CT molecular complexity index is 298. The van der Waals surface area contributed by atoms with E-state index in [-0.39, 0.29) is 10.5 Å². The number of hydrogen-bond donors (Lipinski definition) is 2. The molecule has 0 amide bonds. The minimum atomic E-state index is 0.211. The number of aromatic nitrogens is 1. The largest absolute Gasteiger partial charge is 0.506 e. The van der Waals surface area contributed by atoms with Gasteiger partial charge in [-0.1, -0.05) is 0 Å². The maximum atomic E-state index is 9.06. The van der Waals surface area contributed by atoms with Crippen molar-refractivity contribution in [3.05, 3.63) is 24.0 Å².